The first-order valence-corrected chi connectivity index (χ1v) is 15.5. The maximum atomic E-state index is 12.4. The van der Waals surface area contributed by atoms with E-state index in [9.17, 15) is 14.7 Å². The molecule has 0 aromatic carbocycles. The Kier molecular flexibility index (Phi) is 15.3. The van der Waals surface area contributed by atoms with Gasteiger partial charge in [-0.2, -0.15) is 0 Å². The van der Waals surface area contributed by atoms with Crippen LogP contribution in [0.3, 0.4) is 0 Å². The smallest absolute Gasteiger partial charge is 0.333 e. The molecule has 1 N–H and O–H groups in total. The molecule has 38 heavy (non-hydrogen) atoms. The number of hydrogen-bond donors (Lipinski definition) is 1. The van der Waals surface area contributed by atoms with E-state index in [0.717, 1.165) is 30.6 Å². The third-order valence-corrected chi connectivity index (χ3v) is 9.05. The van der Waals surface area contributed by atoms with Gasteiger partial charge in [0.15, 0.2) is 0 Å². The van der Waals surface area contributed by atoms with Gasteiger partial charge in [0, 0.05) is 17.1 Å². The van der Waals surface area contributed by atoms with Crippen molar-refractivity contribution in [3.63, 3.8) is 0 Å². The lowest BCUT2D eigenvalue weighted by molar-refractivity contribution is -0.144. The molecule has 0 aromatic heterocycles. The summed E-state index contributed by atoms with van der Waals surface area (Å²) in [5, 5.41) is 9.45. The maximum Gasteiger partial charge on any atom is 0.333 e. The van der Waals surface area contributed by atoms with Gasteiger partial charge in [-0.1, -0.05) is 71.4 Å². The van der Waals surface area contributed by atoms with Crippen LogP contribution in [0.25, 0.3) is 0 Å². The number of carbonyl (C=O) groups is 2. The van der Waals surface area contributed by atoms with Crippen LogP contribution in [0.15, 0.2) is 24.3 Å². The molecular weight excluding hydrogens is 476 g/mol. The van der Waals surface area contributed by atoms with Crippen LogP contribution >= 0.6 is 0 Å². The van der Waals surface area contributed by atoms with E-state index in [0.29, 0.717) is 29.9 Å². The zero-order chi connectivity index (χ0) is 27.9. The quantitative estimate of drug-likeness (QED) is 0.117. The number of rotatable bonds is 17. The van der Waals surface area contributed by atoms with Crippen molar-refractivity contribution in [2.24, 2.45) is 29.6 Å². The van der Waals surface area contributed by atoms with Crippen molar-refractivity contribution in [3.8, 4) is 0 Å². The Morgan fingerprint density at radius 1 is 0.816 bits per heavy atom. The normalized spacial score (nSPS) is 25.3. The fraction of sp³-hybridized carbons (Fsp3) is 0.818. The number of aliphatic hydroxyl groups is 1. The number of ether oxygens (including phenoxy) is 2. The van der Waals surface area contributed by atoms with Gasteiger partial charge in [0.25, 0.3) is 0 Å². The molecule has 0 spiro atoms. The van der Waals surface area contributed by atoms with Gasteiger partial charge in [-0.05, 0) is 88.9 Å². The summed E-state index contributed by atoms with van der Waals surface area (Å²) in [6, 6.07) is 0. The first kappa shape index (κ1) is 32.6. The van der Waals surface area contributed by atoms with E-state index in [1.54, 1.807) is 13.8 Å². The van der Waals surface area contributed by atoms with Gasteiger partial charge in [0.05, 0.1) is 19.3 Å². The summed E-state index contributed by atoms with van der Waals surface area (Å²) in [5.41, 5.74) is 0.748. The highest BCUT2D eigenvalue weighted by atomic mass is 16.5. The SMILES string of the molecule is C=C(C)C(=O)OCC(CCC1CCC(C2CCC(CCCCC)CC2)CC1)COC(=O)C(=C)CCC(C)O. The van der Waals surface area contributed by atoms with Crippen LogP contribution < -0.4 is 0 Å². The molecule has 2 atom stereocenters. The second-order valence-electron chi connectivity index (χ2n) is 12.5. The summed E-state index contributed by atoms with van der Waals surface area (Å²) >= 11 is 0. The second kappa shape index (κ2) is 17.9. The lowest BCUT2D eigenvalue weighted by Gasteiger charge is -2.38. The molecule has 5 heteroatoms. The molecule has 0 aliphatic heterocycles. The van der Waals surface area contributed by atoms with Crippen LogP contribution in [-0.4, -0.2) is 36.4 Å². The number of esters is 2. The Bertz CT molecular complexity index is 726. The van der Waals surface area contributed by atoms with Gasteiger partial charge in [0.2, 0.25) is 0 Å². The van der Waals surface area contributed by atoms with Gasteiger partial charge in [-0.15, -0.1) is 0 Å². The van der Waals surface area contributed by atoms with Crippen molar-refractivity contribution < 1.29 is 24.2 Å². The molecule has 2 fully saturated rings. The minimum atomic E-state index is -0.477. The third kappa shape index (κ3) is 12.5. The van der Waals surface area contributed by atoms with Gasteiger partial charge >= 0.3 is 11.9 Å². The Balaban J connectivity index is 1.74. The van der Waals surface area contributed by atoms with Crippen molar-refractivity contribution in [1.29, 1.82) is 0 Å². The van der Waals surface area contributed by atoms with Crippen molar-refractivity contribution in [3.05, 3.63) is 24.3 Å². The molecule has 0 heterocycles. The molecule has 0 amide bonds. The Labute approximate surface area is 232 Å². The zero-order valence-corrected chi connectivity index (χ0v) is 24.7. The topological polar surface area (TPSA) is 72.8 Å². The lowest BCUT2D eigenvalue weighted by Crippen LogP contribution is -2.27. The van der Waals surface area contributed by atoms with Crippen LogP contribution in [0.2, 0.25) is 0 Å². The molecule has 218 valence electrons. The van der Waals surface area contributed by atoms with Gasteiger partial charge in [-0.25, -0.2) is 9.59 Å². The summed E-state index contributed by atoms with van der Waals surface area (Å²) in [6.07, 6.45) is 19.0. The summed E-state index contributed by atoms with van der Waals surface area (Å²) < 4.78 is 11.0. The average Bonchev–Trinajstić information content (AvgIpc) is 2.91. The summed E-state index contributed by atoms with van der Waals surface area (Å²) in [7, 11) is 0. The molecule has 0 saturated heterocycles. The van der Waals surface area contributed by atoms with E-state index in [4.69, 9.17) is 9.47 Å². The average molecular weight is 533 g/mol. The maximum absolute atomic E-state index is 12.4. The van der Waals surface area contributed by atoms with E-state index in [1.165, 1.54) is 77.0 Å². The largest absolute Gasteiger partial charge is 0.462 e. The van der Waals surface area contributed by atoms with Crippen LogP contribution in [0.5, 0.6) is 0 Å². The Hall–Kier alpha value is -1.62. The van der Waals surface area contributed by atoms with E-state index >= 15 is 0 Å². The van der Waals surface area contributed by atoms with Crippen molar-refractivity contribution in [2.45, 2.75) is 130 Å². The van der Waals surface area contributed by atoms with Crippen molar-refractivity contribution in [2.75, 3.05) is 13.2 Å². The van der Waals surface area contributed by atoms with Gasteiger partial charge < -0.3 is 14.6 Å². The van der Waals surface area contributed by atoms with Crippen LogP contribution in [-0.2, 0) is 19.1 Å². The minimum absolute atomic E-state index is 0.0347. The number of carbonyl (C=O) groups excluding carboxylic acids is 2. The molecule has 2 aliphatic carbocycles. The van der Waals surface area contributed by atoms with Crippen molar-refractivity contribution >= 4 is 11.9 Å². The number of hydrogen-bond acceptors (Lipinski definition) is 5. The molecular formula is C33H56O5. The fourth-order valence-electron chi connectivity index (χ4n) is 6.36. The van der Waals surface area contributed by atoms with Crippen LogP contribution in [0.4, 0.5) is 0 Å². The van der Waals surface area contributed by atoms with Gasteiger partial charge in [0.1, 0.15) is 0 Å². The minimum Gasteiger partial charge on any atom is -0.462 e. The number of unbranched alkanes of at least 4 members (excludes halogenated alkanes) is 2. The Morgan fingerprint density at radius 3 is 1.84 bits per heavy atom. The van der Waals surface area contributed by atoms with E-state index in [2.05, 4.69) is 20.1 Å². The Morgan fingerprint density at radius 2 is 1.34 bits per heavy atom. The van der Waals surface area contributed by atoms with Crippen LogP contribution in [0, 0.1) is 29.6 Å². The van der Waals surface area contributed by atoms with E-state index in [-0.39, 0.29) is 19.1 Å². The second-order valence-corrected chi connectivity index (χ2v) is 12.5. The molecule has 2 unspecified atom stereocenters. The molecule has 2 aliphatic rings. The predicted octanol–water partition coefficient (Wildman–Crippen LogP) is 7.96. The highest BCUT2D eigenvalue weighted by Crippen LogP contribution is 2.43. The molecule has 0 bridgehead atoms. The summed E-state index contributed by atoms with van der Waals surface area (Å²) in [5.74, 6) is 2.67. The highest BCUT2D eigenvalue weighted by Gasteiger charge is 2.31. The molecule has 2 rings (SSSR count). The fourth-order valence-corrected chi connectivity index (χ4v) is 6.36. The van der Waals surface area contributed by atoms with E-state index in [1.807, 2.05) is 0 Å². The van der Waals surface area contributed by atoms with Crippen molar-refractivity contribution in [1.82, 2.24) is 0 Å². The molecule has 0 radical (unpaired) electrons. The third-order valence-electron chi connectivity index (χ3n) is 9.05. The monoisotopic (exact) mass is 532 g/mol. The van der Waals surface area contributed by atoms with E-state index < -0.39 is 18.0 Å². The zero-order valence-electron chi connectivity index (χ0n) is 24.7. The van der Waals surface area contributed by atoms with Gasteiger partial charge in [-0.3, -0.25) is 0 Å². The van der Waals surface area contributed by atoms with Crippen LogP contribution in [0.1, 0.15) is 124 Å². The number of aliphatic hydroxyl groups excluding tert-OH is 1. The lowest BCUT2D eigenvalue weighted by atomic mass is 9.68. The molecule has 0 aromatic rings. The standard InChI is InChI=1S/C33H56O5/c1-6-7-8-9-27-14-18-30(19-15-27)31-20-16-28(17-21-31)12-13-29(22-37-32(35)24(2)3)23-38-33(36)25(4)10-11-26(5)34/h26-31,34H,2,4,6-23H2,1,3,5H3. The predicted molar refractivity (Wildman–Crippen MR) is 155 cm³/mol. The molecule has 5 nitrogen and oxygen atoms in total. The summed E-state index contributed by atoms with van der Waals surface area (Å²) in [4.78, 5) is 24.3. The highest BCUT2D eigenvalue weighted by molar-refractivity contribution is 5.87. The molecule has 2 saturated carbocycles. The first-order chi connectivity index (χ1) is 18.2. The first-order valence-electron chi connectivity index (χ1n) is 15.5. The summed E-state index contributed by atoms with van der Waals surface area (Å²) in [6.45, 7) is 13.5.